The number of ketones is 3. The van der Waals surface area contributed by atoms with Gasteiger partial charge in [-0.3, -0.25) is 34.6 Å². The minimum Gasteiger partial charge on any atom is -0.454 e. The van der Waals surface area contributed by atoms with Crippen molar-refractivity contribution < 1.29 is 38.9 Å². The van der Waals surface area contributed by atoms with E-state index in [0.717, 1.165) is 17.7 Å². The minimum atomic E-state index is -1.95. The third kappa shape index (κ3) is 4.30. The van der Waals surface area contributed by atoms with Crippen LogP contribution >= 0.6 is 0 Å². The van der Waals surface area contributed by atoms with E-state index in [-0.39, 0.29) is 47.8 Å². The number of benzene rings is 1. The fourth-order valence-corrected chi connectivity index (χ4v) is 8.78. The summed E-state index contributed by atoms with van der Waals surface area (Å²) in [6.07, 6.45) is 4.61. The van der Waals surface area contributed by atoms with E-state index in [9.17, 15) is 44.5 Å². The monoisotopic (exact) mass is 595 g/mol. The summed E-state index contributed by atoms with van der Waals surface area (Å²) in [6, 6.07) is 1.78. The Balaban J connectivity index is 1.22. The molecule has 4 fully saturated rings. The van der Waals surface area contributed by atoms with Crippen LogP contribution in [-0.2, 0) is 19.1 Å². The van der Waals surface area contributed by atoms with Gasteiger partial charge in [-0.05, 0) is 55.4 Å². The third-order valence-corrected chi connectivity index (χ3v) is 11.1. The number of nitro groups is 2. The van der Waals surface area contributed by atoms with E-state index in [1.54, 1.807) is 13.0 Å². The molecular weight excluding hydrogens is 562 g/mol. The van der Waals surface area contributed by atoms with Crippen LogP contribution in [-0.4, -0.2) is 63.6 Å². The number of carbonyl (C=O) groups is 4. The first kappa shape index (κ1) is 29.1. The molecule has 6 rings (SSSR count). The van der Waals surface area contributed by atoms with Crippen molar-refractivity contribution in [2.75, 3.05) is 24.6 Å². The molecule has 228 valence electrons. The molecule has 0 unspecified atom stereocenters. The fourth-order valence-electron chi connectivity index (χ4n) is 8.78. The van der Waals surface area contributed by atoms with Crippen molar-refractivity contribution in [2.45, 2.75) is 64.4 Å². The average Bonchev–Trinajstić information content (AvgIpc) is 3.75. The number of carbonyl (C=O) groups excluding carboxylic acids is 4. The summed E-state index contributed by atoms with van der Waals surface area (Å²) in [5.41, 5.74) is -4.33. The first-order valence-electron chi connectivity index (χ1n) is 14.6. The Hall–Kier alpha value is -4.00. The lowest BCUT2D eigenvalue weighted by Gasteiger charge is -2.57. The van der Waals surface area contributed by atoms with Crippen LogP contribution < -0.4 is 4.90 Å². The second kappa shape index (κ2) is 9.76. The maximum absolute atomic E-state index is 13.8. The highest BCUT2D eigenvalue weighted by atomic mass is 16.6. The van der Waals surface area contributed by atoms with Crippen LogP contribution in [0, 0.1) is 48.8 Å². The van der Waals surface area contributed by atoms with E-state index in [2.05, 4.69) is 6.92 Å². The summed E-state index contributed by atoms with van der Waals surface area (Å²) >= 11 is 0. The highest BCUT2D eigenvalue weighted by Crippen LogP contribution is 2.66. The molecule has 13 heteroatoms. The zero-order valence-corrected chi connectivity index (χ0v) is 24.0. The number of esters is 1. The van der Waals surface area contributed by atoms with Gasteiger partial charge in [-0.2, -0.15) is 0 Å². The van der Waals surface area contributed by atoms with E-state index in [1.807, 2.05) is 0 Å². The topological polar surface area (TPSA) is 187 Å². The number of hydrogen-bond acceptors (Lipinski definition) is 11. The van der Waals surface area contributed by atoms with Gasteiger partial charge < -0.3 is 14.7 Å². The van der Waals surface area contributed by atoms with Crippen LogP contribution in [0.25, 0.3) is 0 Å². The quantitative estimate of drug-likeness (QED) is 0.210. The number of rotatable bonds is 7. The molecule has 4 aliphatic carbocycles. The molecule has 0 radical (unpaired) electrons. The Bertz CT molecular complexity index is 1500. The van der Waals surface area contributed by atoms with Gasteiger partial charge in [0.25, 0.3) is 0 Å². The zero-order valence-electron chi connectivity index (χ0n) is 24.0. The second-order valence-electron chi connectivity index (χ2n) is 13.2. The van der Waals surface area contributed by atoms with E-state index >= 15 is 0 Å². The van der Waals surface area contributed by atoms with Crippen molar-refractivity contribution in [1.82, 2.24) is 0 Å². The summed E-state index contributed by atoms with van der Waals surface area (Å²) in [7, 11) is 0. The number of anilines is 1. The van der Waals surface area contributed by atoms with Crippen molar-refractivity contribution >= 4 is 40.4 Å². The number of ether oxygens (including phenoxy) is 1. The molecule has 1 saturated heterocycles. The number of Topliss-reactive ketones (excluding diaryl/α,β-unsaturated/α-hetero) is 2. The van der Waals surface area contributed by atoms with Gasteiger partial charge in [-0.1, -0.05) is 19.4 Å². The van der Waals surface area contributed by atoms with Crippen molar-refractivity contribution in [3.63, 3.8) is 0 Å². The van der Waals surface area contributed by atoms with Gasteiger partial charge in [0.15, 0.2) is 18.1 Å². The van der Waals surface area contributed by atoms with Gasteiger partial charge in [0.1, 0.15) is 11.4 Å². The van der Waals surface area contributed by atoms with Crippen LogP contribution in [0.2, 0.25) is 0 Å². The van der Waals surface area contributed by atoms with Crippen molar-refractivity contribution in [3.05, 3.63) is 49.6 Å². The summed E-state index contributed by atoms with van der Waals surface area (Å²) in [5, 5.41) is 35.2. The highest BCUT2D eigenvalue weighted by molar-refractivity contribution is 5.98. The smallest absolute Gasteiger partial charge is 0.339 e. The second-order valence-corrected chi connectivity index (χ2v) is 13.2. The zero-order chi connectivity index (χ0) is 31.1. The van der Waals surface area contributed by atoms with Crippen LogP contribution in [0.5, 0.6) is 0 Å². The Labute approximate surface area is 246 Å². The first-order valence-corrected chi connectivity index (χ1v) is 14.6. The maximum Gasteiger partial charge on any atom is 0.339 e. The molecule has 0 spiro atoms. The maximum atomic E-state index is 13.8. The van der Waals surface area contributed by atoms with Crippen molar-refractivity contribution in [1.29, 1.82) is 0 Å². The van der Waals surface area contributed by atoms with Gasteiger partial charge in [0.05, 0.1) is 15.4 Å². The van der Waals surface area contributed by atoms with Crippen molar-refractivity contribution in [3.8, 4) is 0 Å². The molecule has 0 aromatic heterocycles. The predicted octanol–water partition coefficient (Wildman–Crippen LogP) is 3.49. The molecule has 1 N–H and O–H groups in total. The Morgan fingerprint density at radius 3 is 2.30 bits per heavy atom. The third-order valence-electron chi connectivity index (χ3n) is 11.1. The van der Waals surface area contributed by atoms with Crippen LogP contribution in [0.4, 0.5) is 17.1 Å². The molecule has 43 heavy (non-hydrogen) atoms. The Kier molecular flexibility index (Phi) is 6.60. The standard InChI is InChI=1S/C30H33N3O10/c1-28-7-5-18(34)13-17(28)3-4-19-20-6-8-30(38,29(20,2)14-23(35)25(19)28)24(36)15-43-27(37)16-11-21(32(39)40)26(31-9-10-31)22(12-16)33(41)42/h11-13,19-20,25,38H,3-10,14-15H2,1-2H3/t19-,20-,25+,28-,29-,30+/m0/s1. The summed E-state index contributed by atoms with van der Waals surface area (Å²) in [6.45, 7) is 3.74. The number of nitrogens with zero attached hydrogens (tertiary/aromatic N) is 3. The fraction of sp³-hybridized carbons (Fsp3) is 0.600. The number of allylic oxidation sites excluding steroid dienone is 1. The summed E-state index contributed by atoms with van der Waals surface area (Å²) < 4.78 is 5.18. The average molecular weight is 596 g/mol. The predicted molar refractivity (Wildman–Crippen MR) is 149 cm³/mol. The van der Waals surface area contributed by atoms with E-state index in [0.29, 0.717) is 45.2 Å². The van der Waals surface area contributed by atoms with Crippen LogP contribution in [0.3, 0.4) is 0 Å². The minimum absolute atomic E-state index is 0.0256. The molecule has 13 nitrogen and oxygen atoms in total. The van der Waals surface area contributed by atoms with Gasteiger partial charge in [-0.25, -0.2) is 4.79 Å². The molecule has 6 atom stereocenters. The SMILES string of the molecule is C[C@]12CCC(=O)C=C1CC[C@@H]1[C@@H]2C(=O)C[C@@]2(C)[C@H]1CC[C@@]2(O)C(=O)COC(=O)c1cc([N+](=O)[O-])c(N2CC2)c([N+](=O)[O-])c1. The Morgan fingerprint density at radius 2 is 1.70 bits per heavy atom. The van der Waals surface area contributed by atoms with Gasteiger partial charge >= 0.3 is 17.3 Å². The number of hydrogen-bond donors (Lipinski definition) is 1. The van der Waals surface area contributed by atoms with Crippen molar-refractivity contribution in [2.24, 2.45) is 28.6 Å². The van der Waals surface area contributed by atoms with Gasteiger partial charge in [0.2, 0.25) is 5.78 Å². The molecule has 1 aromatic rings. The largest absolute Gasteiger partial charge is 0.454 e. The molecule has 1 aliphatic heterocycles. The van der Waals surface area contributed by atoms with E-state index in [1.165, 1.54) is 4.90 Å². The van der Waals surface area contributed by atoms with E-state index in [4.69, 9.17) is 4.74 Å². The molecule has 0 amide bonds. The molecular formula is C30H33N3O10. The summed E-state index contributed by atoms with van der Waals surface area (Å²) in [5.74, 6) is -2.41. The van der Waals surface area contributed by atoms with Crippen LogP contribution in [0.1, 0.15) is 69.2 Å². The molecule has 1 heterocycles. The lowest BCUT2D eigenvalue weighted by molar-refractivity contribution is -0.392. The van der Waals surface area contributed by atoms with Gasteiger partial charge in [-0.15, -0.1) is 0 Å². The molecule has 3 saturated carbocycles. The lowest BCUT2D eigenvalue weighted by Crippen LogP contribution is -2.61. The molecule has 1 aromatic carbocycles. The normalized spacial score (nSPS) is 34.4. The lowest BCUT2D eigenvalue weighted by atomic mass is 9.46. The molecule has 0 bridgehead atoms. The number of fused-ring (bicyclic) bond motifs is 5. The van der Waals surface area contributed by atoms with Gasteiger partial charge in [0, 0.05) is 49.4 Å². The first-order chi connectivity index (χ1) is 20.2. The highest BCUT2D eigenvalue weighted by Gasteiger charge is 2.68. The number of nitro benzene ring substituents is 2. The van der Waals surface area contributed by atoms with E-state index < -0.39 is 61.6 Å². The molecule has 5 aliphatic rings. The Morgan fingerprint density at radius 1 is 1.05 bits per heavy atom. The van der Waals surface area contributed by atoms with Crippen LogP contribution in [0.15, 0.2) is 23.8 Å². The number of aliphatic hydroxyl groups is 1. The summed E-state index contributed by atoms with van der Waals surface area (Å²) in [4.78, 5) is 75.5.